The van der Waals surface area contributed by atoms with Gasteiger partial charge in [0, 0.05) is 11.4 Å². The fourth-order valence-corrected chi connectivity index (χ4v) is 2.62. The molecule has 1 fully saturated rings. The summed E-state index contributed by atoms with van der Waals surface area (Å²) in [5.41, 5.74) is 2.24. The third kappa shape index (κ3) is 6.99. The third-order valence-corrected chi connectivity index (χ3v) is 3.84. The summed E-state index contributed by atoms with van der Waals surface area (Å²) in [6.07, 6.45) is 12.0. The Morgan fingerprint density at radius 1 is 0.429 bits per heavy atom. The van der Waals surface area contributed by atoms with E-state index in [0.29, 0.717) is 0 Å². The molecule has 1 aliphatic rings. The van der Waals surface area contributed by atoms with Gasteiger partial charge in [0.1, 0.15) is 0 Å². The molecule has 0 aliphatic heterocycles. The lowest BCUT2D eigenvalue weighted by Crippen LogP contribution is -1.87. The first kappa shape index (κ1) is 15.6. The Morgan fingerprint density at radius 2 is 0.714 bits per heavy atom. The third-order valence-electron chi connectivity index (χ3n) is 3.84. The molecule has 3 rings (SSSR count). The quantitative estimate of drug-likeness (QED) is 0.658. The van der Waals surface area contributed by atoms with Gasteiger partial charge in [-0.25, -0.2) is 0 Å². The highest BCUT2D eigenvalue weighted by atomic mass is 14.9. The normalized spacial score (nSPS) is 15.0. The molecule has 1 nitrogen and oxygen atoms in total. The number of hydrogen-bond acceptors (Lipinski definition) is 1. The van der Waals surface area contributed by atoms with Gasteiger partial charge in [0.15, 0.2) is 0 Å². The van der Waals surface area contributed by atoms with Crippen LogP contribution in [-0.4, -0.2) is 0 Å². The summed E-state index contributed by atoms with van der Waals surface area (Å²) in [6, 6.07) is 20.3. The first-order chi connectivity index (χ1) is 10.4. The first-order valence-electron chi connectivity index (χ1n) is 8.32. The van der Waals surface area contributed by atoms with Crippen LogP contribution in [0.15, 0.2) is 60.7 Å². The minimum absolute atomic E-state index is 1.12. The number of rotatable bonds is 2. The number of para-hydroxylation sites is 2. The van der Waals surface area contributed by atoms with Crippen LogP contribution in [0.1, 0.15) is 51.4 Å². The van der Waals surface area contributed by atoms with Crippen molar-refractivity contribution in [2.45, 2.75) is 51.4 Å². The van der Waals surface area contributed by atoms with Crippen LogP contribution in [0.2, 0.25) is 0 Å². The molecular weight excluding hydrogens is 254 g/mol. The van der Waals surface area contributed by atoms with Gasteiger partial charge in [0.05, 0.1) is 0 Å². The van der Waals surface area contributed by atoms with Gasteiger partial charge in [-0.3, -0.25) is 0 Å². The highest BCUT2D eigenvalue weighted by Gasteiger charge is 1.95. The number of anilines is 2. The van der Waals surface area contributed by atoms with Crippen molar-refractivity contribution < 1.29 is 0 Å². The van der Waals surface area contributed by atoms with Gasteiger partial charge in [-0.05, 0) is 24.3 Å². The van der Waals surface area contributed by atoms with Gasteiger partial charge < -0.3 is 5.32 Å². The molecule has 0 saturated heterocycles. The van der Waals surface area contributed by atoms with Crippen molar-refractivity contribution in [3.05, 3.63) is 60.7 Å². The molecule has 1 saturated carbocycles. The molecule has 2 aromatic rings. The van der Waals surface area contributed by atoms with Crippen LogP contribution in [0, 0.1) is 0 Å². The summed E-state index contributed by atoms with van der Waals surface area (Å²) in [5, 5.41) is 3.30. The Bertz CT molecular complexity index is 402. The lowest BCUT2D eigenvalue weighted by Gasteiger charge is -2.05. The van der Waals surface area contributed by atoms with Crippen molar-refractivity contribution in [1.29, 1.82) is 0 Å². The smallest absolute Gasteiger partial charge is 0.0384 e. The topological polar surface area (TPSA) is 12.0 Å². The van der Waals surface area contributed by atoms with Crippen molar-refractivity contribution in [3.63, 3.8) is 0 Å². The van der Waals surface area contributed by atoms with Crippen LogP contribution in [0.5, 0.6) is 0 Å². The Morgan fingerprint density at radius 3 is 1.00 bits per heavy atom. The average Bonchev–Trinajstić information content (AvgIpc) is 2.49. The molecule has 112 valence electrons. The maximum Gasteiger partial charge on any atom is 0.0384 e. The number of hydrogen-bond donors (Lipinski definition) is 1. The van der Waals surface area contributed by atoms with Crippen LogP contribution in [0.3, 0.4) is 0 Å². The van der Waals surface area contributed by atoms with E-state index in [1.807, 2.05) is 60.7 Å². The summed E-state index contributed by atoms with van der Waals surface area (Å²) in [7, 11) is 0. The van der Waals surface area contributed by atoms with Crippen molar-refractivity contribution in [2.75, 3.05) is 5.32 Å². The molecule has 0 radical (unpaired) electrons. The van der Waals surface area contributed by atoms with Gasteiger partial charge in [-0.2, -0.15) is 0 Å². The zero-order chi connectivity index (χ0) is 14.6. The number of nitrogens with one attached hydrogen (secondary N) is 1. The first-order valence-corrected chi connectivity index (χ1v) is 8.32. The lowest BCUT2D eigenvalue weighted by atomic mass is 10.0. The second kappa shape index (κ2) is 10.0. The Kier molecular flexibility index (Phi) is 7.47. The molecule has 2 aromatic carbocycles. The summed E-state index contributed by atoms with van der Waals surface area (Å²) < 4.78 is 0. The van der Waals surface area contributed by atoms with Gasteiger partial charge in [0.2, 0.25) is 0 Å². The van der Waals surface area contributed by atoms with Gasteiger partial charge in [0.25, 0.3) is 0 Å². The monoisotopic (exact) mass is 281 g/mol. The minimum atomic E-state index is 1.12. The van der Waals surface area contributed by atoms with Gasteiger partial charge in [-0.1, -0.05) is 87.8 Å². The van der Waals surface area contributed by atoms with Crippen LogP contribution in [0.4, 0.5) is 11.4 Å². The van der Waals surface area contributed by atoms with E-state index in [0.717, 1.165) is 11.4 Å². The van der Waals surface area contributed by atoms with E-state index in [1.165, 1.54) is 51.4 Å². The second-order valence-corrected chi connectivity index (χ2v) is 5.69. The van der Waals surface area contributed by atoms with Crippen molar-refractivity contribution in [3.8, 4) is 0 Å². The predicted octanol–water partition coefficient (Wildman–Crippen LogP) is 6.55. The SMILES string of the molecule is C1CCCCCCC1.c1ccc(Nc2ccccc2)cc1. The summed E-state index contributed by atoms with van der Waals surface area (Å²) in [6.45, 7) is 0. The van der Waals surface area contributed by atoms with Gasteiger partial charge >= 0.3 is 0 Å². The Balaban J connectivity index is 0.000000173. The van der Waals surface area contributed by atoms with E-state index in [-0.39, 0.29) is 0 Å². The molecule has 0 unspecified atom stereocenters. The maximum absolute atomic E-state index is 3.30. The summed E-state index contributed by atoms with van der Waals surface area (Å²) >= 11 is 0. The zero-order valence-electron chi connectivity index (χ0n) is 12.9. The maximum atomic E-state index is 3.30. The minimum Gasteiger partial charge on any atom is -0.356 e. The molecule has 1 heteroatoms. The molecule has 0 spiro atoms. The van der Waals surface area contributed by atoms with Crippen molar-refractivity contribution in [2.24, 2.45) is 0 Å². The molecule has 1 aliphatic carbocycles. The highest BCUT2D eigenvalue weighted by Crippen LogP contribution is 2.15. The average molecular weight is 281 g/mol. The van der Waals surface area contributed by atoms with Crippen molar-refractivity contribution in [1.82, 2.24) is 0 Å². The molecule has 1 N–H and O–H groups in total. The molecule has 0 heterocycles. The fourth-order valence-electron chi connectivity index (χ4n) is 2.62. The standard InChI is InChI=1S/C12H11N.C8H16/c1-3-7-11(8-4-1)13-12-9-5-2-6-10-12;1-2-4-6-8-7-5-3-1/h1-10,13H;1-8H2. The molecule has 21 heavy (non-hydrogen) atoms. The predicted molar refractivity (Wildman–Crippen MR) is 93.1 cm³/mol. The summed E-state index contributed by atoms with van der Waals surface area (Å²) in [5.74, 6) is 0. The molecule has 0 aromatic heterocycles. The molecule has 0 atom stereocenters. The van der Waals surface area contributed by atoms with E-state index in [4.69, 9.17) is 0 Å². The van der Waals surface area contributed by atoms with E-state index in [2.05, 4.69) is 5.32 Å². The second-order valence-electron chi connectivity index (χ2n) is 5.69. The van der Waals surface area contributed by atoms with Crippen LogP contribution >= 0.6 is 0 Å². The molecule has 0 bridgehead atoms. The van der Waals surface area contributed by atoms with Gasteiger partial charge in [-0.15, -0.1) is 0 Å². The van der Waals surface area contributed by atoms with Crippen LogP contribution in [-0.2, 0) is 0 Å². The van der Waals surface area contributed by atoms with E-state index < -0.39 is 0 Å². The van der Waals surface area contributed by atoms with Crippen molar-refractivity contribution >= 4 is 11.4 Å². The van der Waals surface area contributed by atoms with E-state index in [9.17, 15) is 0 Å². The van der Waals surface area contributed by atoms with E-state index >= 15 is 0 Å². The number of benzene rings is 2. The highest BCUT2D eigenvalue weighted by molar-refractivity contribution is 5.58. The van der Waals surface area contributed by atoms with Crippen LogP contribution < -0.4 is 5.32 Å². The Labute approximate surface area is 129 Å². The molecular formula is C20H27N. The van der Waals surface area contributed by atoms with E-state index in [1.54, 1.807) is 0 Å². The Hall–Kier alpha value is -1.76. The van der Waals surface area contributed by atoms with Crippen LogP contribution in [0.25, 0.3) is 0 Å². The summed E-state index contributed by atoms with van der Waals surface area (Å²) in [4.78, 5) is 0. The lowest BCUT2D eigenvalue weighted by molar-refractivity contribution is 0.504. The fraction of sp³-hybridized carbons (Fsp3) is 0.400. The molecule has 0 amide bonds. The zero-order valence-corrected chi connectivity index (χ0v) is 12.9. The largest absolute Gasteiger partial charge is 0.356 e.